The van der Waals surface area contributed by atoms with Gasteiger partial charge >= 0.3 is 0 Å². The molecule has 0 aromatic heterocycles. The summed E-state index contributed by atoms with van der Waals surface area (Å²) in [6, 6.07) is 128. The Bertz CT molecular complexity index is 5520. The lowest BCUT2D eigenvalue weighted by atomic mass is 9.81. The Morgan fingerprint density at radius 3 is 0.946 bits per heavy atom. The maximum atomic E-state index is 2.58. The summed E-state index contributed by atoms with van der Waals surface area (Å²) in [6.45, 7) is 4.87. The van der Waals surface area contributed by atoms with Gasteiger partial charge in [0.15, 0.2) is 0 Å². The van der Waals surface area contributed by atoms with Crippen LogP contribution in [0.15, 0.2) is 346 Å². The van der Waals surface area contributed by atoms with Crippen LogP contribution in [-0.2, 0) is 5.41 Å². The smallest absolute Gasteiger partial charge is 0.0620 e. The monoisotopic (exact) mass is 1170 g/mol. The van der Waals surface area contributed by atoms with E-state index in [4.69, 9.17) is 0 Å². The molecule has 1 aliphatic rings. The standard InChI is InChI=1S/C89H63N3/c1-89(2)85-57-78(90(75-46-43-63-29-12-15-32-66(63)54-75)72-38-20-35-69(51-72)60-23-6-3-7-24-60)49-50-79(85)82-58-83-84(59-86(82)89)88(92(77-48-45-65-31-14-17-34-68(65)56-77)74-40-22-37-71(53-74)62-27-10-5-11-28-62)81-42-19-18-41-80(81)87(83)91(76-47-44-64-30-13-16-33-67(64)55-76)73-39-21-36-70(52-73)61-25-8-4-9-26-61/h3-59H,1-2H3. The first-order chi connectivity index (χ1) is 45.4. The minimum Gasteiger partial charge on any atom is -0.310 e. The van der Waals surface area contributed by atoms with Gasteiger partial charge in [-0.3, -0.25) is 0 Å². The van der Waals surface area contributed by atoms with Crippen molar-refractivity contribution < 1.29 is 0 Å². The van der Waals surface area contributed by atoms with Crippen molar-refractivity contribution in [3.05, 3.63) is 357 Å². The topological polar surface area (TPSA) is 9.72 Å². The van der Waals surface area contributed by atoms with Crippen LogP contribution >= 0.6 is 0 Å². The van der Waals surface area contributed by atoms with Gasteiger partial charge in [-0.05, 0) is 185 Å². The van der Waals surface area contributed by atoms with Crippen LogP contribution in [-0.4, -0.2) is 0 Å². The number of rotatable bonds is 12. The van der Waals surface area contributed by atoms with Gasteiger partial charge in [-0.25, -0.2) is 0 Å². The molecule has 0 atom stereocenters. The van der Waals surface area contributed by atoms with Crippen LogP contribution in [0.2, 0.25) is 0 Å². The number of anilines is 9. The minimum absolute atomic E-state index is 0.443. The minimum atomic E-state index is -0.443. The highest BCUT2D eigenvalue weighted by Gasteiger charge is 2.38. The third-order valence-electron chi connectivity index (χ3n) is 19.1. The Labute approximate surface area is 537 Å². The van der Waals surface area contributed by atoms with E-state index in [-0.39, 0.29) is 0 Å². The van der Waals surface area contributed by atoms with E-state index in [1.165, 1.54) is 76.8 Å². The summed E-state index contributed by atoms with van der Waals surface area (Å²) in [7, 11) is 0. The van der Waals surface area contributed by atoms with E-state index in [9.17, 15) is 0 Å². The van der Waals surface area contributed by atoms with Crippen molar-refractivity contribution in [3.63, 3.8) is 0 Å². The summed E-state index contributed by atoms with van der Waals surface area (Å²) >= 11 is 0. The predicted octanol–water partition coefficient (Wildman–Crippen LogP) is 25.2. The van der Waals surface area contributed by atoms with E-state index in [0.717, 1.165) is 83.9 Å². The summed E-state index contributed by atoms with van der Waals surface area (Å²) in [4.78, 5) is 7.55. The van der Waals surface area contributed by atoms with Crippen molar-refractivity contribution >= 4 is 105 Å². The second-order valence-electron chi connectivity index (χ2n) is 24.9. The first kappa shape index (κ1) is 54.4. The average molecular weight is 1170 g/mol. The molecule has 0 heterocycles. The summed E-state index contributed by atoms with van der Waals surface area (Å²) in [5.41, 5.74) is 21.4. The molecule has 0 saturated carbocycles. The number of hydrogen-bond donors (Lipinski definition) is 0. The summed E-state index contributed by atoms with van der Waals surface area (Å²) < 4.78 is 0. The zero-order valence-electron chi connectivity index (χ0n) is 51.3. The highest BCUT2D eigenvalue weighted by molar-refractivity contribution is 6.25. The van der Waals surface area contributed by atoms with Gasteiger partial charge in [0.2, 0.25) is 0 Å². The Morgan fingerprint density at radius 2 is 0.511 bits per heavy atom. The van der Waals surface area contributed by atoms with Crippen molar-refractivity contribution in [3.8, 4) is 44.5 Å². The van der Waals surface area contributed by atoms with Crippen LogP contribution in [0.3, 0.4) is 0 Å². The number of nitrogens with zero attached hydrogens (tertiary/aromatic N) is 3. The second kappa shape index (κ2) is 22.4. The Balaban J connectivity index is 0.959. The Morgan fingerprint density at radius 1 is 0.196 bits per heavy atom. The molecule has 0 radical (unpaired) electrons. The fraction of sp³-hybridized carbons (Fsp3) is 0.0337. The maximum absolute atomic E-state index is 2.58. The van der Waals surface area contributed by atoms with Gasteiger partial charge in [0.1, 0.15) is 0 Å². The Kier molecular flexibility index (Phi) is 13.2. The highest BCUT2D eigenvalue weighted by atomic mass is 15.2. The summed E-state index contributed by atoms with van der Waals surface area (Å²) in [5, 5.41) is 11.7. The molecule has 434 valence electrons. The summed E-state index contributed by atoms with van der Waals surface area (Å²) in [5.74, 6) is 0. The summed E-state index contributed by atoms with van der Waals surface area (Å²) in [6.07, 6.45) is 0. The van der Waals surface area contributed by atoms with Gasteiger partial charge in [0, 0.05) is 66.8 Å². The van der Waals surface area contributed by atoms with Crippen molar-refractivity contribution in [1.29, 1.82) is 0 Å². The maximum Gasteiger partial charge on any atom is 0.0620 e. The van der Waals surface area contributed by atoms with Crippen LogP contribution in [0.25, 0.3) is 98.4 Å². The van der Waals surface area contributed by atoms with Crippen molar-refractivity contribution in [2.24, 2.45) is 0 Å². The van der Waals surface area contributed by atoms with E-state index in [1.54, 1.807) is 0 Å². The molecule has 0 aliphatic heterocycles. The normalized spacial score (nSPS) is 12.3. The van der Waals surface area contributed by atoms with Crippen LogP contribution in [0.1, 0.15) is 25.0 Å². The first-order valence-corrected chi connectivity index (χ1v) is 31.9. The third kappa shape index (κ3) is 9.45. The fourth-order valence-corrected chi connectivity index (χ4v) is 14.5. The first-order valence-electron chi connectivity index (χ1n) is 31.9. The van der Waals surface area contributed by atoms with E-state index >= 15 is 0 Å². The van der Waals surface area contributed by atoms with Gasteiger partial charge in [0.05, 0.1) is 11.4 Å². The van der Waals surface area contributed by atoms with Crippen LogP contribution in [0.5, 0.6) is 0 Å². The van der Waals surface area contributed by atoms with Crippen LogP contribution in [0.4, 0.5) is 51.2 Å². The van der Waals surface area contributed by atoms with Gasteiger partial charge < -0.3 is 14.7 Å². The molecule has 0 amide bonds. The second-order valence-corrected chi connectivity index (χ2v) is 24.9. The molecule has 16 aromatic carbocycles. The zero-order valence-corrected chi connectivity index (χ0v) is 51.3. The van der Waals surface area contributed by atoms with Gasteiger partial charge in [0.25, 0.3) is 0 Å². The van der Waals surface area contributed by atoms with Crippen molar-refractivity contribution in [2.45, 2.75) is 19.3 Å². The van der Waals surface area contributed by atoms with Crippen LogP contribution in [0, 0.1) is 0 Å². The van der Waals surface area contributed by atoms with Crippen LogP contribution < -0.4 is 14.7 Å². The molecule has 3 heteroatoms. The van der Waals surface area contributed by atoms with Gasteiger partial charge in [-0.2, -0.15) is 0 Å². The molecular formula is C89H63N3. The number of hydrogen-bond acceptors (Lipinski definition) is 3. The van der Waals surface area contributed by atoms with E-state index in [2.05, 4.69) is 374 Å². The van der Waals surface area contributed by atoms with E-state index < -0.39 is 5.41 Å². The third-order valence-corrected chi connectivity index (χ3v) is 19.1. The number of fused-ring (bicyclic) bond motifs is 8. The molecule has 3 nitrogen and oxygen atoms in total. The van der Waals surface area contributed by atoms with Crippen molar-refractivity contribution in [2.75, 3.05) is 14.7 Å². The molecule has 92 heavy (non-hydrogen) atoms. The molecule has 1 aliphatic carbocycles. The Hall–Kier alpha value is -11.8. The quantitative estimate of drug-likeness (QED) is 0.0892. The fourth-order valence-electron chi connectivity index (χ4n) is 14.5. The molecular weight excluding hydrogens is 1110 g/mol. The van der Waals surface area contributed by atoms with E-state index in [1.807, 2.05) is 0 Å². The molecule has 0 spiro atoms. The predicted molar refractivity (Wildman–Crippen MR) is 392 cm³/mol. The molecule has 17 rings (SSSR count). The molecule has 0 unspecified atom stereocenters. The van der Waals surface area contributed by atoms with E-state index in [0.29, 0.717) is 0 Å². The largest absolute Gasteiger partial charge is 0.310 e. The van der Waals surface area contributed by atoms with Crippen molar-refractivity contribution in [1.82, 2.24) is 0 Å². The molecule has 0 saturated heterocycles. The average Bonchev–Trinajstić information content (AvgIpc) is 1.50. The lowest BCUT2D eigenvalue weighted by molar-refractivity contribution is 0.661. The molecule has 0 N–H and O–H groups in total. The SMILES string of the molecule is CC1(C)c2cc(N(c3cccc(-c4ccccc4)c3)c3ccc4ccccc4c3)ccc2-c2cc3c(N(c4cccc(-c5ccccc5)c4)c4ccc5ccccc5c4)c4ccccc4c(N(c4cccc(-c5ccccc5)c4)c4ccc5ccccc5c4)c3cc21. The zero-order chi connectivity index (χ0) is 61.3. The molecule has 0 fully saturated rings. The highest BCUT2D eigenvalue weighted by Crippen LogP contribution is 2.58. The lowest BCUT2D eigenvalue weighted by Gasteiger charge is -2.34. The van der Waals surface area contributed by atoms with Gasteiger partial charge in [-0.15, -0.1) is 0 Å². The number of benzene rings is 16. The van der Waals surface area contributed by atoms with Gasteiger partial charge in [-0.1, -0.05) is 263 Å². The molecule has 16 aromatic rings. The molecule has 0 bridgehead atoms. The lowest BCUT2D eigenvalue weighted by Crippen LogP contribution is -2.17.